The van der Waals surface area contributed by atoms with Gasteiger partial charge in [0.15, 0.2) is 0 Å². The molecule has 1 amide bonds. The lowest BCUT2D eigenvalue weighted by molar-refractivity contribution is 0.0951. The molecule has 0 spiro atoms. The monoisotopic (exact) mass is 260 g/mol. The van der Waals surface area contributed by atoms with E-state index in [-0.39, 0.29) is 5.91 Å². The van der Waals surface area contributed by atoms with E-state index >= 15 is 0 Å². The molecule has 0 aliphatic rings. The number of pyridine rings is 1. The highest BCUT2D eigenvalue weighted by Gasteiger charge is 2.06. The van der Waals surface area contributed by atoms with Crippen molar-refractivity contribution < 1.29 is 9.32 Å². The lowest BCUT2D eigenvalue weighted by Crippen LogP contribution is -2.23. The third-order valence-electron chi connectivity index (χ3n) is 2.48. The van der Waals surface area contributed by atoms with Crippen molar-refractivity contribution in [2.45, 2.75) is 20.4 Å². The number of anilines is 1. The van der Waals surface area contributed by atoms with Gasteiger partial charge >= 0.3 is 0 Å². The molecule has 0 unspecified atom stereocenters. The second-order valence-electron chi connectivity index (χ2n) is 4.07. The standard InChI is InChI=1S/C13H16N4O2/c1-3-14-13(18)12-7-10(4-5-15-12)16-8-11-6-9(2)19-17-11/h4-7H,3,8H2,1-2H3,(H,14,18)(H,15,16). The Morgan fingerprint density at radius 1 is 1.42 bits per heavy atom. The van der Waals surface area contributed by atoms with Crippen LogP contribution >= 0.6 is 0 Å². The van der Waals surface area contributed by atoms with E-state index in [2.05, 4.69) is 20.8 Å². The SMILES string of the molecule is CCNC(=O)c1cc(NCc2cc(C)on2)ccn1. The molecule has 0 bridgehead atoms. The van der Waals surface area contributed by atoms with Gasteiger partial charge in [-0.25, -0.2) is 0 Å². The van der Waals surface area contributed by atoms with Gasteiger partial charge in [0.25, 0.3) is 5.91 Å². The van der Waals surface area contributed by atoms with E-state index in [1.54, 1.807) is 18.3 Å². The summed E-state index contributed by atoms with van der Waals surface area (Å²) in [6.07, 6.45) is 1.60. The molecule has 2 N–H and O–H groups in total. The molecule has 6 nitrogen and oxygen atoms in total. The van der Waals surface area contributed by atoms with Gasteiger partial charge in [0, 0.05) is 24.5 Å². The fraction of sp³-hybridized carbons (Fsp3) is 0.308. The number of carbonyl (C=O) groups excluding carboxylic acids is 1. The number of amides is 1. The van der Waals surface area contributed by atoms with Crippen LogP contribution < -0.4 is 10.6 Å². The molecule has 0 saturated heterocycles. The summed E-state index contributed by atoms with van der Waals surface area (Å²) in [5.74, 6) is 0.595. The first-order valence-electron chi connectivity index (χ1n) is 6.09. The average Bonchev–Trinajstić information content (AvgIpc) is 2.83. The lowest BCUT2D eigenvalue weighted by Gasteiger charge is -2.06. The van der Waals surface area contributed by atoms with Crippen molar-refractivity contribution in [2.75, 3.05) is 11.9 Å². The molecule has 19 heavy (non-hydrogen) atoms. The van der Waals surface area contributed by atoms with Gasteiger partial charge < -0.3 is 15.2 Å². The fourth-order valence-electron chi connectivity index (χ4n) is 1.61. The molecular weight excluding hydrogens is 244 g/mol. The molecular formula is C13H16N4O2. The molecule has 0 aromatic carbocycles. The maximum Gasteiger partial charge on any atom is 0.269 e. The number of carbonyl (C=O) groups is 1. The summed E-state index contributed by atoms with van der Waals surface area (Å²) in [6.45, 7) is 4.83. The highest BCUT2D eigenvalue weighted by atomic mass is 16.5. The van der Waals surface area contributed by atoms with E-state index in [0.29, 0.717) is 18.8 Å². The number of nitrogens with one attached hydrogen (secondary N) is 2. The molecule has 100 valence electrons. The third-order valence-corrected chi connectivity index (χ3v) is 2.48. The van der Waals surface area contributed by atoms with Gasteiger partial charge in [-0.15, -0.1) is 0 Å². The van der Waals surface area contributed by atoms with Crippen molar-refractivity contribution in [1.29, 1.82) is 0 Å². The second-order valence-corrected chi connectivity index (χ2v) is 4.07. The molecule has 0 aliphatic heterocycles. The number of hydrogen-bond donors (Lipinski definition) is 2. The Morgan fingerprint density at radius 2 is 2.26 bits per heavy atom. The quantitative estimate of drug-likeness (QED) is 0.856. The Morgan fingerprint density at radius 3 is 2.95 bits per heavy atom. The molecule has 6 heteroatoms. The summed E-state index contributed by atoms with van der Waals surface area (Å²) in [5, 5.41) is 9.76. The molecule has 0 saturated carbocycles. The molecule has 2 aromatic heterocycles. The minimum absolute atomic E-state index is 0.177. The number of aryl methyl sites for hydroxylation is 1. The number of rotatable bonds is 5. The van der Waals surface area contributed by atoms with Gasteiger partial charge in [0.2, 0.25) is 0 Å². The zero-order valence-electron chi connectivity index (χ0n) is 10.9. The van der Waals surface area contributed by atoms with E-state index < -0.39 is 0 Å². The van der Waals surface area contributed by atoms with Crippen molar-refractivity contribution in [1.82, 2.24) is 15.5 Å². The Kier molecular flexibility index (Phi) is 4.12. The Balaban J connectivity index is 2.00. The zero-order valence-corrected chi connectivity index (χ0v) is 10.9. The molecule has 0 atom stereocenters. The molecule has 0 radical (unpaired) electrons. The maximum absolute atomic E-state index is 11.6. The van der Waals surface area contributed by atoms with Gasteiger partial charge in [-0.05, 0) is 26.0 Å². The van der Waals surface area contributed by atoms with Crippen LogP contribution in [0, 0.1) is 6.92 Å². The van der Waals surface area contributed by atoms with Crippen molar-refractivity contribution in [3.63, 3.8) is 0 Å². The summed E-state index contributed by atoms with van der Waals surface area (Å²) in [5.41, 5.74) is 2.02. The van der Waals surface area contributed by atoms with Crippen molar-refractivity contribution in [3.8, 4) is 0 Å². The van der Waals surface area contributed by atoms with Crippen LogP contribution in [0.15, 0.2) is 28.9 Å². The van der Waals surface area contributed by atoms with Crippen LogP contribution in [0.1, 0.15) is 28.9 Å². The van der Waals surface area contributed by atoms with E-state index in [4.69, 9.17) is 4.52 Å². The molecule has 0 fully saturated rings. The van der Waals surface area contributed by atoms with Crippen molar-refractivity contribution in [2.24, 2.45) is 0 Å². The lowest BCUT2D eigenvalue weighted by atomic mass is 10.3. The van der Waals surface area contributed by atoms with E-state index in [1.165, 1.54) is 0 Å². The van der Waals surface area contributed by atoms with Crippen LogP contribution in [-0.2, 0) is 6.54 Å². The molecule has 2 heterocycles. The number of aromatic nitrogens is 2. The van der Waals surface area contributed by atoms with E-state index in [1.807, 2.05) is 19.9 Å². The minimum Gasteiger partial charge on any atom is -0.379 e. The Hall–Kier alpha value is -2.37. The molecule has 2 rings (SSSR count). The van der Waals surface area contributed by atoms with Crippen LogP contribution in [0.25, 0.3) is 0 Å². The maximum atomic E-state index is 11.6. The zero-order chi connectivity index (χ0) is 13.7. The van der Waals surface area contributed by atoms with E-state index in [0.717, 1.165) is 17.1 Å². The number of nitrogens with zero attached hydrogens (tertiary/aromatic N) is 2. The van der Waals surface area contributed by atoms with Gasteiger partial charge in [-0.1, -0.05) is 5.16 Å². The topological polar surface area (TPSA) is 80.0 Å². The predicted octanol–water partition coefficient (Wildman–Crippen LogP) is 1.74. The number of hydrogen-bond acceptors (Lipinski definition) is 5. The Labute approximate surface area is 111 Å². The second kappa shape index (κ2) is 5.99. The van der Waals surface area contributed by atoms with Crippen LogP contribution in [-0.4, -0.2) is 22.6 Å². The van der Waals surface area contributed by atoms with E-state index in [9.17, 15) is 4.79 Å². The van der Waals surface area contributed by atoms with Crippen LogP contribution in [0.3, 0.4) is 0 Å². The van der Waals surface area contributed by atoms with Gasteiger partial charge in [-0.2, -0.15) is 0 Å². The highest BCUT2D eigenvalue weighted by Crippen LogP contribution is 2.10. The molecule has 0 aliphatic carbocycles. The van der Waals surface area contributed by atoms with Crippen LogP contribution in [0.4, 0.5) is 5.69 Å². The first-order valence-corrected chi connectivity index (χ1v) is 6.09. The van der Waals surface area contributed by atoms with Gasteiger partial charge in [-0.3, -0.25) is 9.78 Å². The van der Waals surface area contributed by atoms with Gasteiger partial charge in [0.05, 0.1) is 6.54 Å². The first-order chi connectivity index (χ1) is 9.19. The fourth-order valence-corrected chi connectivity index (χ4v) is 1.61. The van der Waals surface area contributed by atoms with Crippen molar-refractivity contribution in [3.05, 3.63) is 41.5 Å². The summed E-state index contributed by atoms with van der Waals surface area (Å²) in [4.78, 5) is 15.7. The Bertz CT molecular complexity index is 565. The summed E-state index contributed by atoms with van der Waals surface area (Å²) in [7, 11) is 0. The first kappa shape index (κ1) is 13.1. The smallest absolute Gasteiger partial charge is 0.269 e. The summed E-state index contributed by atoms with van der Waals surface area (Å²) >= 11 is 0. The van der Waals surface area contributed by atoms with Crippen LogP contribution in [0.5, 0.6) is 0 Å². The van der Waals surface area contributed by atoms with Crippen LogP contribution in [0.2, 0.25) is 0 Å². The van der Waals surface area contributed by atoms with Crippen molar-refractivity contribution >= 4 is 11.6 Å². The molecule has 2 aromatic rings. The minimum atomic E-state index is -0.177. The van der Waals surface area contributed by atoms with Gasteiger partial charge in [0.1, 0.15) is 17.1 Å². The average molecular weight is 260 g/mol. The normalized spacial score (nSPS) is 10.2. The highest BCUT2D eigenvalue weighted by molar-refractivity contribution is 5.93. The summed E-state index contributed by atoms with van der Waals surface area (Å²) < 4.78 is 4.98. The summed E-state index contributed by atoms with van der Waals surface area (Å²) in [6, 6.07) is 5.37. The third kappa shape index (κ3) is 3.54. The largest absolute Gasteiger partial charge is 0.379 e. The predicted molar refractivity (Wildman–Crippen MR) is 70.8 cm³/mol.